The van der Waals surface area contributed by atoms with E-state index in [9.17, 15) is 17.3 Å². The number of rotatable bonds is 0. The largest absolute Gasteiger partial charge is 1.00 e. The van der Waals surface area contributed by atoms with Gasteiger partial charge in [0.2, 0.25) is 0 Å². The topological polar surface area (TPSA) is 184 Å². The third kappa shape index (κ3) is 461. The van der Waals surface area contributed by atoms with Crippen LogP contribution in [0, 0.1) is 0 Å². The van der Waals surface area contributed by atoms with Gasteiger partial charge in [0.25, 0.3) is 0 Å². The molecule has 0 aromatic carbocycles. The molecule has 0 spiro atoms. The summed E-state index contributed by atoms with van der Waals surface area (Å²) in [4.78, 5) is 0. The first kappa shape index (κ1) is 77.3. The van der Waals surface area contributed by atoms with Crippen molar-refractivity contribution in [1.82, 2.24) is 0 Å². The molecule has 0 saturated heterocycles. The second-order valence-electron chi connectivity index (χ2n) is 1.10. The quantitative estimate of drug-likeness (QED) is 0.169. The Hall–Kier alpha value is 7.04. The molecule has 24 heteroatoms. The van der Waals surface area contributed by atoms with Crippen molar-refractivity contribution in [3.63, 3.8) is 0 Å². The standard InChI is InChI=1S/4BFO2.8Tl/c4*2-1(3)4;;;;;;;;/q4*-2;8*+1. The van der Waals surface area contributed by atoms with Crippen LogP contribution in [0.2, 0.25) is 0 Å². The van der Waals surface area contributed by atoms with Gasteiger partial charge in [-0.25, -0.2) is 0 Å². The van der Waals surface area contributed by atoms with Gasteiger partial charge in [-0.1, -0.05) is 0 Å². The minimum atomic E-state index is -3.17. The number of hydrogen-bond donors (Lipinski definition) is 0. The van der Waals surface area contributed by atoms with E-state index in [0.29, 0.717) is 0 Å². The van der Waals surface area contributed by atoms with Gasteiger partial charge >= 0.3 is 218 Å². The van der Waals surface area contributed by atoms with Crippen LogP contribution in [0.25, 0.3) is 0 Å². The summed E-state index contributed by atoms with van der Waals surface area (Å²) in [7, 11) is -12.7. The van der Waals surface area contributed by atoms with Gasteiger partial charge in [0.15, 0.2) is 0 Å². The van der Waals surface area contributed by atoms with Crippen molar-refractivity contribution in [2.45, 2.75) is 0 Å². The zero-order valence-electron chi connectivity index (χ0n) is 11.7. The van der Waals surface area contributed by atoms with Crippen LogP contribution in [0.3, 0.4) is 0 Å². The minimum absolute atomic E-state index is 0. The van der Waals surface area contributed by atoms with Gasteiger partial charge in [-0.05, 0) is 0 Å². The molecule has 0 amide bonds. The molecule has 8 nitrogen and oxygen atoms in total. The fraction of sp³-hybridized carbons (Fsp3) is 0. The van der Waals surface area contributed by atoms with E-state index in [1.165, 1.54) is 0 Å². The molecule has 0 aliphatic rings. The summed E-state index contributed by atoms with van der Waals surface area (Å²) in [6.45, 7) is 0. The molecule has 0 rings (SSSR count). The van der Waals surface area contributed by atoms with Crippen molar-refractivity contribution in [2.24, 2.45) is 0 Å². The fourth-order valence-electron chi connectivity index (χ4n) is 0. The molecule has 0 atom stereocenters. The minimum Gasteiger partial charge on any atom is -0.867 e. The Labute approximate surface area is 298 Å². The van der Waals surface area contributed by atoms with Crippen molar-refractivity contribution in [1.29, 1.82) is 0 Å². The monoisotopic (exact) mass is 1890 g/mol. The van der Waals surface area contributed by atoms with Crippen LogP contribution in [-0.2, 0) is 0 Å². The van der Waals surface area contributed by atoms with E-state index in [4.69, 9.17) is 40.2 Å². The molecule has 0 aliphatic heterocycles. The van der Waals surface area contributed by atoms with E-state index < -0.39 is 29.6 Å². The zero-order chi connectivity index (χ0) is 14.3. The molecular weight excluding hydrogens is 1880 g/mol. The van der Waals surface area contributed by atoms with Crippen molar-refractivity contribution in [3.8, 4) is 0 Å². The summed E-state index contributed by atoms with van der Waals surface area (Å²) in [6.07, 6.45) is 0. The predicted octanol–water partition coefficient (Wildman–Crippen LogP) is -12.4. The average Bonchev–Trinajstić information content (AvgIpc) is 1.76. The average molecular weight is 1880 g/mol. The first-order valence-corrected chi connectivity index (χ1v) is 2.76. The molecular formula is B4F4O8Tl8. The van der Waals surface area contributed by atoms with Crippen molar-refractivity contribution in [2.75, 3.05) is 0 Å². The first-order chi connectivity index (χ1) is 6.93. The number of hydrogen-bond acceptors (Lipinski definition) is 8. The van der Waals surface area contributed by atoms with Crippen molar-refractivity contribution >= 4 is 248 Å². The van der Waals surface area contributed by atoms with Crippen LogP contribution in [-0.4, -0.2) is 248 Å². The normalized spacial score (nSPS) is 4.50. The van der Waals surface area contributed by atoms with Gasteiger partial charge in [-0.2, -0.15) is 0 Å². The smallest absolute Gasteiger partial charge is 0.867 e. The maximum absolute atomic E-state index is 9.89. The Morgan fingerprint density at radius 2 is 0.292 bits per heavy atom. The molecule has 24 heavy (non-hydrogen) atoms. The van der Waals surface area contributed by atoms with E-state index in [1.54, 1.807) is 0 Å². The summed E-state index contributed by atoms with van der Waals surface area (Å²) < 4.78 is 39.6. The van der Waals surface area contributed by atoms with E-state index in [-0.39, 0.29) is 218 Å². The predicted molar refractivity (Wildman–Crippen MR) is 73.5 cm³/mol. The molecule has 112 valence electrons. The molecule has 0 radical (unpaired) electrons. The Bertz CT molecular complexity index is 89.1. The van der Waals surface area contributed by atoms with Gasteiger partial charge in [0.1, 0.15) is 29.6 Å². The molecule has 0 saturated carbocycles. The molecule has 0 heterocycles. The van der Waals surface area contributed by atoms with Crippen molar-refractivity contribution < 1.29 is 57.5 Å². The van der Waals surface area contributed by atoms with Crippen LogP contribution < -0.4 is 40.2 Å². The molecule has 0 aromatic heterocycles. The van der Waals surface area contributed by atoms with Crippen LogP contribution in [0.4, 0.5) is 17.3 Å². The SMILES string of the molecule is [O-]B([O-])F.[O-]B([O-])F.[O-]B([O-])F.[O-]B([O-])F.[Tl+].[Tl+].[Tl+].[Tl+].[Tl+].[Tl+].[Tl+].[Tl+]. The van der Waals surface area contributed by atoms with E-state index in [2.05, 4.69) is 0 Å². The molecule has 0 aromatic rings. The zero-order valence-corrected chi connectivity index (χ0v) is 47.6. The van der Waals surface area contributed by atoms with Gasteiger partial charge < -0.3 is 57.5 Å². The number of halogens is 4. The maximum atomic E-state index is 9.89. The fourth-order valence-corrected chi connectivity index (χ4v) is 0. The Morgan fingerprint density at radius 3 is 0.292 bits per heavy atom. The van der Waals surface area contributed by atoms with Crippen LogP contribution in [0.15, 0.2) is 0 Å². The van der Waals surface area contributed by atoms with Crippen LogP contribution in [0.1, 0.15) is 0 Å². The molecule has 0 fully saturated rings. The maximum Gasteiger partial charge on any atom is 1.00 e. The first-order valence-electron chi connectivity index (χ1n) is 2.76. The summed E-state index contributed by atoms with van der Waals surface area (Å²) in [5, 5.41) is 66.4. The third-order valence-corrected chi connectivity index (χ3v) is 0. The molecule has 0 aliphatic carbocycles. The van der Waals surface area contributed by atoms with Gasteiger partial charge in [0.05, 0.1) is 0 Å². The van der Waals surface area contributed by atoms with Crippen LogP contribution in [0.5, 0.6) is 0 Å². The van der Waals surface area contributed by atoms with Crippen LogP contribution >= 0.6 is 0 Å². The second kappa shape index (κ2) is 69.9. The summed E-state index contributed by atoms with van der Waals surface area (Å²) in [5.74, 6) is 0. The second-order valence-corrected chi connectivity index (χ2v) is 1.10. The van der Waals surface area contributed by atoms with E-state index in [0.717, 1.165) is 0 Å². The van der Waals surface area contributed by atoms with E-state index >= 15 is 0 Å². The summed E-state index contributed by atoms with van der Waals surface area (Å²) >= 11 is 0. The Kier molecular flexibility index (Phi) is 225. The molecule has 0 N–H and O–H groups in total. The van der Waals surface area contributed by atoms with Gasteiger partial charge in [0, 0.05) is 0 Å². The van der Waals surface area contributed by atoms with Gasteiger partial charge in [-0.3, -0.25) is 0 Å². The molecule has 0 bridgehead atoms. The Balaban J connectivity index is -0.00000000720. The molecule has 0 unspecified atom stereocenters. The summed E-state index contributed by atoms with van der Waals surface area (Å²) in [5.41, 5.74) is 0. The Morgan fingerprint density at radius 1 is 0.292 bits per heavy atom. The third-order valence-electron chi connectivity index (χ3n) is 0. The van der Waals surface area contributed by atoms with Crippen molar-refractivity contribution in [3.05, 3.63) is 0 Å². The van der Waals surface area contributed by atoms with Gasteiger partial charge in [-0.15, -0.1) is 0 Å². The van der Waals surface area contributed by atoms with E-state index in [1.807, 2.05) is 0 Å². The summed E-state index contributed by atoms with van der Waals surface area (Å²) in [6, 6.07) is 0.